The second kappa shape index (κ2) is 6.38. The van der Waals surface area contributed by atoms with Crippen LogP contribution in [0.3, 0.4) is 0 Å². The minimum absolute atomic E-state index is 0.354. The summed E-state index contributed by atoms with van der Waals surface area (Å²) in [7, 11) is 1.73. The van der Waals surface area contributed by atoms with Gasteiger partial charge in [0.2, 0.25) is 5.95 Å². The average Bonchev–Trinajstić information content (AvgIpc) is 2.78. The maximum Gasteiger partial charge on any atom is 0.207 e. The average molecular weight is 259 g/mol. The first-order chi connectivity index (χ1) is 9.20. The van der Waals surface area contributed by atoms with E-state index in [2.05, 4.69) is 28.0 Å². The van der Waals surface area contributed by atoms with Crippen LogP contribution in [0.4, 0.5) is 11.6 Å². The van der Waals surface area contributed by atoms with Gasteiger partial charge in [0.1, 0.15) is 0 Å². The van der Waals surface area contributed by atoms with Crippen molar-refractivity contribution in [3.8, 4) is 0 Å². The number of para-hydroxylation sites is 1. The molecule has 0 bridgehead atoms. The second-order valence-corrected chi connectivity index (χ2v) is 4.73. The van der Waals surface area contributed by atoms with Gasteiger partial charge in [0.25, 0.3) is 0 Å². The highest BCUT2D eigenvalue weighted by molar-refractivity contribution is 5.53. The molecule has 1 N–H and O–H groups in total. The maximum atomic E-state index is 5.14. The number of imidazole rings is 1. The number of nitrogens with zero attached hydrogens (tertiary/aromatic N) is 2. The third-order valence-electron chi connectivity index (χ3n) is 3.10. The van der Waals surface area contributed by atoms with E-state index in [1.165, 1.54) is 0 Å². The Morgan fingerprint density at radius 1 is 1.32 bits per heavy atom. The van der Waals surface area contributed by atoms with Crippen LogP contribution < -0.4 is 5.32 Å². The zero-order valence-electron chi connectivity index (χ0n) is 11.8. The Hall–Kier alpha value is -1.81. The summed E-state index contributed by atoms with van der Waals surface area (Å²) in [6, 6.07) is 10.5. The first-order valence-corrected chi connectivity index (χ1v) is 6.57. The molecule has 102 valence electrons. The minimum Gasteiger partial charge on any atom is -0.385 e. The number of nitrogens with one attached hydrogen (secondary N) is 1. The SMILES string of the molecule is COCCC(C)n1cc(C)nc1Nc1ccccc1. The Morgan fingerprint density at radius 2 is 2.05 bits per heavy atom. The smallest absolute Gasteiger partial charge is 0.207 e. The number of ether oxygens (including phenoxy) is 1. The predicted octanol–water partition coefficient (Wildman–Crippen LogP) is 3.53. The van der Waals surface area contributed by atoms with Crippen molar-refractivity contribution in [2.75, 3.05) is 19.0 Å². The van der Waals surface area contributed by atoms with E-state index in [1.807, 2.05) is 37.3 Å². The van der Waals surface area contributed by atoms with Gasteiger partial charge >= 0.3 is 0 Å². The summed E-state index contributed by atoms with van der Waals surface area (Å²) in [6.45, 7) is 4.94. The molecule has 1 heterocycles. The lowest BCUT2D eigenvalue weighted by Gasteiger charge is -2.16. The lowest BCUT2D eigenvalue weighted by Crippen LogP contribution is -2.10. The van der Waals surface area contributed by atoms with Gasteiger partial charge in [-0.15, -0.1) is 0 Å². The summed E-state index contributed by atoms with van der Waals surface area (Å²) in [4.78, 5) is 4.55. The van der Waals surface area contributed by atoms with Gasteiger partial charge < -0.3 is 14.6 Å². The normalized spacial score (nSPS) is 12.4. The second-order valence-electron chi connectivity index (χ2n) is 4.73. The molecule has 0 saturated carbocycles. The van der Waals surface area contributed by atoms with Crippen LogP contribution in [-0.2, 0) is 4.74 Å². The van der Waals surface area contributed by atoms with Gasteiger partial charge in [-0.05, 0) is 32.4 Å². The fourth-order valence-electron chi connectivity index (χ4n) is 2.02. The maximum absolute atomic E-state index is 5.14. The summed E-state index contributed by atoms with van der Waals surface area (Å²) >= 11 is 0. The van der Waals surface area contributed by atoms with Gasteiger partial charge in [-0.2, -0.15) is 0 Å². The Balaban J connectivity index is 2.16. The lowest BCUT2D eigenvalue weighted by atomic mass is 10.2. The molecule has 1 aromatic heterocycles. The third-order valence-corrected chi connectivity index (χ3v) is 3.10. The summed E-state index contributed by atoms with van der Waals surface area (Å²) < 4.78 is 7.31. The van der Waals surface area contributed by atoms with Crippen LogP contribution in [0.2, 0.25) is 0 Å². The van der Waals surface area contributed by atoms with Crippen LogP contribution >= 0.6 is 0 Å². The van der Waals surface area contributed by atoms with E-state index < -0.39 is 0 Å². The number of rotatable bonds is 6. The molecule has 2 aromatic rings. The fraction of sp³-hybridized carbons (Fsp3) is 0.400. The van der Waals surface area contributed by atoms with Crippen molar-refractivity contribution >= 4 is 11.6 Å². The first kappa shape index (κ1) is 13.6. The Morgan fingerprint density at radius 3 is 2.74 bits per heavy atom. The molecule has 1 atom stereocenters. The highest BCUT2D eigenvalue weighted by Gasteiger charge is 2.11. The molecule has 0 fully saturated rings. The summed E-state index contributed by atoms with van der Waals surface area (Å²) in [5.41, 5.74) is 2.07. The zero-order valence-corrected chi connectivity index (χ0v) is 11.8. The standard InChI is InChI=1S/C15H21N3O/c1-12-11-18(13(2)9-10-19-3)15(16-12)17-14-7-5-4-6-8-14/h4-8,11,13H,9-10H2,1-3H3,(H,16,17). The largest absolute Gasteiger partial charge is 0.385 e. The van der Waals surface area contributed by atoms with E-state index in [9.17, 15) is 0 Å². The van der Waals surface area contributed by atoms with Crippen molar-refractivity contribution in [3.63, 3.8) is 0 Å². The van der Waals surface area contributed by atoms with Crippen LogP contribution in [0.15, 0.2) is 36.5 Å². The van der Waals surface area contributed by atoms with Crippen molar-refractivity contribution in [1.82, 2.24) is 9.55 Å². The molecule has 19 heavy (non-hydrogen) atoms. The van der Waals surface area contributed by atoms with Crippen molar-refractivity contribution in [2.24, 2.45) is 0 Å². The molecule has 0 saturated heterocycles. The first-order valence-electron chi connectivity index (χ1n) is 6.57. The molecule has 0 aliphatic rings. The molecule has 0 aliphatic carbocycles. The van der Waals surface area contributed by atoms with Gasteiger partial charge in [-0.25, -0.2) is 4.98 Å². The van der Waals surface area contributed by atoms with Gasteiger partial charge in [-0.1, -0.05) is 18.2 Å². The van der Waals surface area contributed by atoms with E-state index in [-0.39, 0.29) is 0 Å². The van der Waals surface area contributed by atoms with Gasteiger partial charge in [-0.3, -0.25) is 0 Å². The Kier molecular flexibility index (Phi) is 4.58. The Bertz CT molecular complexity index is 507. The molecule has 4 nitrogen and oxygen atoms in total. The highest BCUT2D eigenvalue weighted by Crippen LogP contribution is 2.22. The van der Waals surface area contributed by atoms with Crippen molar-refractivity contribution < 1.29 is 4.74 Å². The predicted molar refractivity (Wildman–Crippen MR) is 77.9 cm³/mol. The van der Waals surface area contributed by atoms with E-state index in [1.54, 1.807) is 7.11 Å². The summed E-state index contributed by atoms with van der Waals surface area (Å²) in [6.07, 6.45) is 3.04. The molecule has 0 spiro atoms. The lowest BCUT2D eigenvalue weighted by molar-refractivity contribution is 0.181. The molecular weight excluding hydrogens is 238 g/mol. The molecule has 2 rings (SSSR count). The number of hydrogen-bond donors (Lipinski definition) is 1. The van der Waals surface area contributed by atoms with Crippen LogP contribution in [-0.4, -0.2) is 23.3 Å². The van der Waals surface area contributed by atoms with Gasteiger partial charge in [0.15, 0.2) is 0 Å². The molecule has 1 aromatic carbocycles. The summed E-state index contributed by atoms with van der Waals surface area (Å²) in [5, 5.41) is 3.36. The summed E-state index contributed by atoms with van der Waals surface area (Å²) in [5.74, 6) is 0.882. The number of methoxy groups -OCH3 is 1. The number of hydrogen-bond acceptors (Lipinski definition) is 3. The number of anilines is 2. The highest BCUT2D eigenvalue weighted by atomic mass is 16.5. The quantitative estimate of drug-likeness (QED) is 0.862. The van der Waals surface area contributed by atoms with Gasteiger partial charge in [0, 0.05) is 31.6 Å². The molecular formula is C15H21N3O. The van der Waals surface area contributed by atoms with E-state index >= 15 is 0 Å². The fourth-order valence-corrected chi connectivity index (χ4v) is 2.02. The van der Waals surface area contributed by atoms with E-state index in [0.29, 0.717) is 6.04 Å². The van der Waals surface area contributed by atoms with Crippen molar-refractivity contribution in [2.45, 2.75) is 26.3 Å². The third kappa shape index (κ3) is 3.58. The van der Waals surface area contributed by atoms with Crippen LogP contribution in [0.5, 0.6) is 0 Å². The van der Waals surface area contributed by atoms with Crippen molar-refractivity contribution in [3.05, 3.63) is 42.2 Å². The van der Waals surface area contributed by atoms with Crippen LogP contribution in [0.25, 0.3) is 0 Å². The number of benzene rings is 1. The van der Waals surface area contributed by atoms with E-state index in [0.717, 1.165) is 30.4 Å². The minimum atomic E-state index is 0.354. The molecule has 4 heteroatoms. The molecule has 0 radical (unpaired) electrons. The Labute approximate surface area is 114 Å². The van der Waals surface area contributed by atoms with Crippen LogP contribution in [0.1, 0.15) is 25.1 Å². The van der Waals surface area contributed by atoms with Gasteiger partial charge in [0.05, 0.1) is 5.69 Å². The number of aromatic nitrogens is 2. The van der Waals surface area contributed by atoms with E-state index in [4.69, 9.17) is 4.74 Å². The zero-order chi connectivity index (χ0) is 13.7. The van der Waals surface area contributed by atoms with Crippen LogP contribution in [0, 0.1) is 6.92 Å². The van der Waals surface area contributed by atoms with Crippen molar-refractivity contribution in [1.29, 1.82) is 0 Å². The monoisotopic (exact) mass is 259 g/mol. The molecule has 1 unspecified atom stereocenters. The topological polar surface area (TPSA) is 39.1 Å². The molecule has 0 amide bonds. The molecule has 0 aliphatic heterocycles. The number of aryl methyl sites for hydroxylation is 1.